The van der Waals surface area contributed by atoms with Gasteiger partial charge in [0.25, 0.3) is 0 Å². The van der Waals surface area contributed by atoms with Crippen molar-refractivity contribution in [1.82, 2.24) is 9.88 Å². The van der Waals surface area contributed by atoms with Crippen molar-refractivity contribution in [3.8, 4) is 0 Å². The fourth-order valence-electron chi connectivity index (χ4n) is 2.29. The normalized spacial score (nSPS) is 26.2. The number of aliphatic hydroxyl groups excluding tert-OH is 1. The molecule has 1 aromatic heterocycles. The van der Waals surface area contributed by atoms with Crippen LogP contribution < -0.4 is 4.90 Å². The van der Waals surface area contributed by atoms with Gasteiger partial charge in [-0.25, -0.2) is 4.98 Å². The predicted octanol–water partition coefficient (Wildman–Crippen LogP) is 1.10. The number of aliphatic hydroxyl groups is 1. The van der Waals surface area contributed by atoms with E-state index in [4.69, 9.17) is 5.11 Å². The van der Waals surface area contributed by atoms with Gasteiger partial charge in [-0.15, -0.1) is 0 Å². The van der Waals surface area contributed by atoms with Crippen LogP contribution in [0.5, 0.6) is 0 Å². The second-order valence-electron chi connectivity index (χ2n) is 4.95. The molecule has 0 aromatic carbocycles. The Kier molecular flexibility index (Phi) is 3.64. The maximum atomic E-state index is 9.00. The highest BCUT2D eigenvalue weighted by molar-refractivity contribution is 5.40. The highest BCUT2D eigenvalue weighted by atomic mass is 16.3. The van der Waals surface area contributed by atoms with E-state index in [2.05, 4.69) is 35.7 Å². The second-order valence-corrected chi connectivity index (χ2v) is 4.95. The third kappa shape index (κ3) is 2.58. The van der Waals surface area contributed by atoms with Gasteiger partial charge in [0.15, 0.2) is 0 Å². The van der Waals surface area contributed by atoms with E-state index in [1.54, 1.807) is 6.20 Å². The van der Waals surface area contributed by atoms with E-state index in [9.17, 15) is 0 Å². The first-order valence-corrected chi connectivity index (χ1v) is 6.14. The number of nitrogens with zero attached hydrogens (tertiary/aromatic N) is 3. The molecular formula is C13H21N3O. The molecule has 4 heteroatoms. The van der Waals surface area contributed by atoms with Crippen molar-refractivity contribution >= 4 is 5.82 Å². The van der Waals surface area contributed by atoms with Gasteiger partial charge in [0.05, 0.1) is 6.61 Å². The molecule has 0 aliphatic carbocycles. The van der Waals surface area contributed by atoms with Crippen LogP contribution >= 0.6 is 0 Å². The van der Waals surface area contributed by atoms with Crippen molar-refractivity contribution in [2.24, 2.45) is 0 Å². The van der Waals surface area contributed by atoms with Gasteiger partial charge in [0, 0.05) is 31.4 Å². The van der Waals surface area contributed by atoms with Gasteiger partial charge in [-0.1, -0.05) is 6.07 Å². The van der Waals surface area contributed by atoms with Crippen molar-refractivity contribution < 1.29 is 5.11 Å². The molecule has 1 fully saturated rings. The monoisotopic (exact) mass is 235 g/mol. The van der Waals surface area contributed by atoms with Crippen LogP contribution in [0.3, 0.4) is 0 Å². The summed E-state index contributed by atoms with van der Waals surface area (Å²) >= 11 is 0. The molecule has 2 unspecified atom stereocenters. The molecular weight excluding hydrogens is 214 g/mol. The molecule has 2 rings (SSSR count). The molecule has 1 saturated heterocycles. The zero-order chi connectivity index (χ0) is 12.4. The summed E-state index contributed by atoms with van der Waals surface area (Å²) in [5.74, 6) is 1.01. The summed E-state index contributed by atoms with van der Waals surface area (Å²) in [5, 5.41) is 9.00. The van der Waals surface area contributed by atoms with Gasteiger partial charge >= 0.3 is 0 Å². The van der Waals surface area contributed by atoms with Gasteiger partial charge in [-0.3, -0.25) is 4.90 Å². The van der Waals surface area contributed by atoms with Crippen LogP contribution in [0.15, 0.2) is 18.3 Å². The molecule has 1 aliphatic rings. The molecule has 0 bridgehead atoms. The molecule has 1 aliphatic heterocycles. The summed E-state index contributed by atoms with van der Waals surface area (Å²) in [6.07, 6.45) is 1.75. The van der Waals surface area contributed by atoms with Gasteiger partial charge in [-0.05, 0) is 32.5 Å². The van der Waals surface area contributed by atoms with Gasteiger partial charge in [0.2, 0.25) is 0 Å². The van der Waals surface area contributed by atoms with E-state index in [1.807, 2.05) is 12.1 Å². The Hall–Kier alpha value is -1.13. The Morgan fingerprint density at radius 1 is 1.29 bits per heavy atom. The number of rotatable bonds is 2. The molecule has 94 valence electrons. The number of aromatic nitrogens is 1. The zero-order valence-electron chi connectivity index (χ0n) is 10.8. The summed E-state index contributed by atoms with van der Waals surface area (Å²) in [4.78, 5) is 9.13. The summed E-state index contributed by atoms with van der Waals surface area (Å²) in [6.45, 7) is 6.55. The summed E-state index contributed by atoms with van der Waals surface area (Å²) in [5.41, 5.74) is 0.865. The first kappa shape index (κ1) is 12.3. The van der Waals surface area contributed by atoms with Crippen LogP contribution in [0.2, 0.25) is 0 Å². The van der Waals surface area contributed by atoms with E-state index in [0.29, 0.717) is 12.1 Å². The van der Waals surface area contributed by atoms with Crippen LogP contribution in [0.4, 0.5) is 5.82 Å². The number of piperazine rings is 1. The fraction of sp³-hybridized carbons (Fsp3) is 0.615. The van der Waals surface area contributed by atoms with Crippen LogP contribution in [0.1, 0.15) is 19.4 Å². The standard InChI is InChI=1S/C13H21N3O/c1-10-7-16(8-11(2)15(10)3)13-5-4-12(9-17)6-14-13/h4-6,10-11,17H,7-9H2,1-3H3. The summed E-state index contributed by atoms with van der Waals surface area (Å²) in [6, 6.07) is 5.02. The largest absolute Gasteiger partial charge is 0.392 e. The number of hydrogen-bond donors (Lipinski definition) is 1. The lowest BCUT2D eigenvalue weighted by Crippen LogP contribution is -2.55. The highest BCUT2D eigenvalue weighted by Gasteiger charge is 2.26. The Balaban J connectivity index is 2.11. The van der Waals surface area contributed by atoms with E-state index >= 15 is 0 Å². The molecule has 2 atom stereocenters. The molecule has 0 saturated carbocycles. The average molecular weight is 235 g/mol. The molecule has 0 spiro atoms. The third-order valence-electron chi connectivity index (χ3n) is 3.68. The molecule has 0 amide bonds. The lowest BCUT2D eigenvalue weighted by atomic mass is 10.1. The van der Waals surface area contributed by atoms with Gasteiger partial charge < -0.3 is 10.0 Å². The lowest BCUT2D eigenvalue weighted by molar-refractivity contribution is 0.169. The number of likely N-dealkylation sites (N-methyl/N-ethyl adjacent to an activating group) is 1. The smallest absolute Gasteiger partial charge is 0.128 e. The van der Waals surface area contributed by atoms with Crippen LogP contribution in [-0.4, -0.2) is 47.2 Å². The molecule has 0 radical (unpaired) electrons. The molecule has 1 aromatic rings. The van der Waals surface area contributed by atoms with E-state index in [-0.39, 0.29) is 6.61 Å². The first-order chi connectivity index (χ1) is 8.11. The Morgan fingerprint density at radius 3 is 2.41 bits per heavy atom. The second kappa shape index (κ2) is 5.02. The van der Waals surface area contributed by atoms with Crippen molar-refractivity contribution in [1.29, 1.82) is 0 Å². The Morgan fingerprint density at radius 2 is 1.94 bits per heavy atom. The molecule has 2 heterocycles. The SMILES string of the molecule is CC1CN(c2ccc(CO)cn2)CC(C)N1C. The first-order valence-electron chi connectivity index (χ1n) is 6.14. The fourth-order valence-corrected chi connectivity index (χ4v) is 2.29. The Bertz CT molecular complexity index is 353. The minimum atomic E-state index is 0.0584. The van der Waals surface area contributed by atoms with Crippen molar-refractivity contribution in [2.75, 3.05) is 25.0 Å². The van der Waals surface area contributed by atoms with Crippen LogP contribution in [0, 0.1) is 0 Å². The van der Waals surface area contributed by atoms with E-state index in [1.165, 1.54) is 0 Å². The van der Waals surface area contributed by atoms with Crippen molar-refractivity contribution in [2.45, 2.75) is 32.5 Å². The van der Waals surface area contributed by atoms with Gasteiger partial charge in [-0.2, -0.15) is 0 Å². The average Bonchev–Trinajstić information content (AvgIpc) is 2.35. The zero-order valence-corrected chi connectivity index (χ0v) is 10.8. The van der Waals surface area contributed by atoms with E-state index in [0.717, 1.165) is 24.5 Å². The van der Waals surface area contributed by atoms with Crippen LogP contribution in [0.25, 0.3) is 0 Å². The summed E-state index contributed by atoms with van der Waals surface area (Å²) in [7, 11) is 2.18. The van der Waals surface area contributed by atoms with Crippen molar-refractivity contribution in [3.05, 3.63) is 23.9 Å². The van der Waals surface area contributed by atoms with E-state index < -0.39 is 0 Å². The van der Waals surface area contributed by atoms with Crippen LogP contribution in [-0.2, 0) is 6.61 Å². The lowest BCUT2D eigenvalue weighted by Gasteiger charge is -2.43. The molecule has 1 N–H and O–H groups in total. The molecule has 4 nitrogen and oxygen atoms in total. The minimum absolute atomic E-state index is 0.0584. The maximum Gasteiger partial charge on any atom is 0.128 e. The predicted molar refractivity (Wildman–Crippen MR) is 69.1 cm³/mol. The number of hydrogen-bond acceptors (Lipinski definition) is 4. The highest BCUT2D eigenvalue weighted by Crippen LogP contribution is 2.19. The molecule has 17 heavy (non-hydrogen) atoms. The number of pyridine rings is 1. The maximum absolute atomic E-state index is 9.00. The number of anilines is 1. The minimum Gasteiger partial charge on any atom is -0.392 e. The van der Waals surface area contributed by atoms with Gasteiger partial charge in [0.1, 0.15) is 5.82 Å². The third-order valence-corrected chi connectivity index (χ3v) is 3.68. The quantitative estimate of drug-likeness (QED) is 0.833. The van der Waals surface area contributed by atoms with Crippen molar-refractivity contribution in [3.63, 3.8) is 0 Å². The summed E-state index contributed by atoms with van der Waals surface area (Å²) < 4.78 is 0. The Labute approximate surface area is 103 Å². The topological polar surface area (TPSA) is 39.6 Å².